The topological polar surface area (TPSA) is 20.2 Å². The minimum atomic E-state index is 0.221. The molecule has 0 saturated heterocycles. The van der Waals surface area contributed by atoms with E-state index in [2.05, 4.69) is 74.9 Å². The minimum absolute atomic E-state index is 0.221. The van der Waals surface area contributed by atoms with Crippen LogP contribution in [0.15, 0.2) is 53.0 Å². The molecule has 1 atom stereocenters. The Balaban J connectivity index is 2.02. The van der Waals surface area contributed by atoms with Crippen molar-refractivity contribution >= 4 is 38.5 Å². The van der Waals surface area contributed by atoms with Gasteiger partial charge in [-0.05, 0) is 76.7 Å². The molecule has 0 spiro atoms. The molecule has 2 aromatic carbocycles. The number of aliphatic hydroxyl groups is 1. The van der Waals surface area contributed by atoms with Gasteiger partial charge in [0.05, 0.1) is 0 Å². The number of benzene rings is 2. The van der Waals surface area contributed by atoms with Crippen molar-refractivity contribution in [3.63, 3.8) is 0 Å². The quantitative estimate of drug-likeness (QED) is 0.695. The normalized spacial score (nSPS) is 12.4. The van der Waals surface area contributed by atoms with Crippen molar-refractivity contribution in [1.29, 1.82) is 0 Å². The average molecular weight is 431 g/mol. The summed E-state index contributed by atoms with van der Waals surface area (Å²) in [7, 11) is 0. The van der Waals surface area contributed by atoms with E-state index in [0.29, 0.717) is 0 Å². The van der Waals surface area contributed by atoms with Gasteiger partial charge in [0.1, 0.15) is 0 Å². The lowest BCUT2D eigenvalue weighted by atomic mass is 9.93. The smallest absolute Gasteiger partial charge is 0.0465 e. The third-order valence-electron chi connectivity index (χ3n) is 3.11. The van der Waals surface area contributed by atoms with Gasteiger partial charge in [-0.3, -0.25) is 0 Å². The summed E-state index contributed by atoms with van der Waals surface area (Å²) in [5.41, 5.74) is 2.55. The van der Waals surface area contributed by atoms with Crippen LogP contribution in [0, 0.1) is 9.49 Å². The summed E-state index contributed by atoms with van der Waals surface area (Å²) in [6.45, 7) is 0.221. The highest BCUT2D eigenvalue weighted by atomic mass is 127. The zero-order valence-corrected chi connectivity index (χ0v) is 14.3. The molecular weight excluding hydrogens is 415 g/mol. The maximum atomic E-state index is 9.56. The largest absolute Gasteiger partial charge is 0.396 e. The van der Waals surface area contributed by atoms with Crippen LogP contribution in [-0.2, 0) is 12.8 Å². The summed E-state index contributed by atoms with van der Waals surface area (Å²) < 4.78 is 2.34. The summed E-state index contributed by atoms with van der Waals surface area (Å²) in [5, 5.41) is 9.56. The van der Waals surface area contributed by atoms with E-state index >= 15 is 0 Å². The Bertz CT molecular complexity index is 525. The van der Waals surface area contributed by atoms with E-state index in [0.717, 1.165) is 17.3 Å². The predicted molar refractivity (Wildman–Crippen MR) is 91.3 cm³/mol. The molecule has 1 N–H and O–H groups in total. The lowest BCUT2D eigenvalue weighted by Gasteiger charge is -2.14. The van der Waals surface area contributed by atoms with Crippen LogP contribution < -0.4 is 0 Å². The second kappa shape index (κ2) is 7.41. The number of hydrogen-bond acceptors (Lipinski definition) is 1. The van der Waals surface area contributed by atoms with E-state index in [4.69, 9.17) is 0 Å². The van der Waals surface area contributed by atoms with Crippen LogP contribution in [0.5, 0.6) is 0 Å². The van der Waals surface area contributed by atoms with Crippen molar-refractivity contribution < 1.29 is 5.11 Å². The van der Waals surface area contributed by atoms with Crippen molar-refractivity contribution in [2.24, 2.45) is 5.92 Å². The molecule has 1 nitrogen and oxygen atoms in total. The molecular formula is C16H16BrIO. The average Bonchev–Trinajstić information content (AvgIpc) is 2.40. The fourth-order valence-electron chi connectivity index (χ4n) is 2.15. The van der Waals surface area contributed by atoms with Crippen LogP contribution in [0.2, 0.25) is 0 Å². The molecule has 3 heteroatoms. The summed E-state index contributed by atoms with van der Waals surface area (Å²) in [4.78, 5) is 0. The summed E-state index contributed by atoms with van der Waals surface area (Å²) in [6.07, 6.45) is 1.82. The number of hydrogen-bond donors (Lipinski definition) is 1. The van der Waals surface area contributed by atoms with Crippen LogP contribution in [0.25, 0.3) is 0 Å². The van der Waals surface area contributed by atoms with E-state index < -0.39 is 0 Å². The molecule has 0 aliphatic heterocycles. The highest BCUT2D eigenvalue weighted by Gasteiger charge is 2.10. The van der Waals surface area contributed by atoms with Crippen LogP contribution in [0.3, 0.4) is 0 Å². The second-order valence-corrected chi connectivity index (χ2v) is 6.87. The number of rotatable bonds is 5. The summed E-state index contributed by atoms with van der Waals surface area (Å²) >= 11 is 5.79. The molecule has 0 aromatic heterocycles. The van der Waals surface area contributed by atoms with E-state index in [1.54, 1.807) is 0 Å². The Morgan fingerprint density at radius 1 is 1.00 bits per heavy atom. The van der Waals surface area contributed by atoms with Crippen LogP contribution >= 0.6 is 38.5 Å². The molecule has 0 bridgehead atoms. The summed E-state index contributed by atoms with van der Waals surface area (Å²) in [6, 6.07) is 16.8. The van der Waals surface area contributed by atoms with Gasteiger partial charge in [0.15, 0.2) is 0 Å². The van der Waals surface area contributed by atoms with Gasteiger partial charge >= 0.3 is 0 Å². The highest BCUT2D eigenvalue weighted by Crippen LogP contribution is 2.18. The fraction of sp³-hybridized carbons (Fsp3) is 0.250. The first-order valence-corrected chi connectivity index (χ1v) is 8.14. The third-order valence-corrected chi connectivity index (χ3v) is 4.32. The Morgan fingerprint density at radius 3 is 2.32 bits per heavy atom. The van der Waals surface area contributed by atoms with Crippen molar-refractivity contribution in [3.8, 4) is 0 Å². The molecule has 0 radical (unpaired) electrons. The van der Waals surface area contributed by atoms with Gasteiger partial charge in [-0.25, -0.2) is 0 Å². The first-order valence-electron chi connectivity index (χ1n) is 6.27. The standard InChI is InChI=1S/C16H16BrIO/c17-15-3-1-2-13(10-15)9-14(11-19)8-12-4-6-16(18)7-5-12/h1-7,10,14,19H,8-9,11H2. The second-order valence-electron chi connectivity index (χ2n) is 4.71. The Morgan fingerprint density at radius 2 is 1.68 bits per heavy atom. The van der Waals surface area contributed by atoms with Gasteiger partial charge in [0.2, 0.25) is 0 Å². The molecule has 19 heavy (non-hydrogen) atoms. The molecule has 0 saturated carbocycles. The maximum Gasteiger partial charge on any atom is 0.0465 e. The predicted octanol–water partition coefficient (Wildman–Crippen LogP) is 4.45. The Labute approximate surface area is 136 Å². The lowest BCUT2D eigenvalue weighted by Crippen LogP contribution is -2.13. The van der Waals surface area contributed by atoms with Gasteiger partial charge < -0.3 is 5.11 Å². The molecule has 0 aliphatic carbocycles. The zero-order valence-electron chi connectivity index (χ0n) is 10.5. The molecule has 0 amide bonds. The van der Waals surface area contributed by atoms with E-state index in [9.17, 15) is 5.11 Å². The highest BCUT2D eigenvalue weighted by molar-refractivity contribution is 14.1. The van der Waals surface area contributed by atoms with Gasteiger partial charge in [-0.2, -0.15) is 0 Å². The van der Waals surface area contributed by atoms with Crippen molar-refractivity contribution in [2.45, 2.75) is 12.8 Å². The molecule has 100 valence electrons. The van der Waals surface area contributed by atoms with Gasteiger partial charge in [-0.1, -0.05) is 40.2 Å². The molecule has 0 fully saturated rings. The molecule has 0 aliphatic rings. The first-order chi connectivity index (χ1) is 9.17. The van der Waals surface area contributed by atoms with Gasteiger partial charge in [-0.15, -0.1) is 0 Å². The van der Waals surface area contributed by atoms with Gasteiger partial charge in [0, 0.05) is 14.6 Å². The van der Waals surface area contributed by atoms with Crippen LogP contribution in [0.1, 0.15) is 11.1 Å². The fourth-order valence-corrected chi connectivity index (χ4v) is 2.96. The maximum absolute atomic E-state index is 9.56. The van der Waals surface area contributed by atoms with Crippen LogP contribution in [0.4, 0.5) is 0 Å². The lowest BCUT2D eigenvalue weighted by molar-refractivity contribution is 0.225. The molecule has 1 unspecified atom stereocenters. The summed E-state index contributed by atoms with van der Waals surface area (Å²) in [5.74, 6) is 0.273. The van der Waals surface area contributed by atoms with Crippen molar-refractivity contribution in [1.82, 2.24) is 0 Å². The van der Waals surface area contributed by atoms with Crippen molar-refractivity contribution in [2.75, 3.05) is 6.61 Å². The third kappa shape index (κ3) is 4.89. The first kappa shape index (κ1) is 15.0. The zero-order chi connectivity index (χ0) is 13.7. The number of halogens is 2. The Hall–Kier alpha value is -0.390. The number of aliphatic hydroxyl groups excluding tert-OH is 1. The monoisotopic (exact) mass is 430 g/mol. The molecule has 2 aromatic rings. The van der Waals surface area contributed by atoms with E-state index in [1.807, 2.05) is 12.1 Å². The van der Waals surface area contributed by atoms with Gasteiger partial charge in [0.25, 0.3) is 0 Å². The van der Waals surface area contributed by atoms with E-state index in [1.165, 1.54) is 14.7 Å². The molecule has 2 rings (SSSR count). The van der Waals surface area contributed by atoms with Crippen molar-refractivity contribution in [3.05, 3.63) is 67.7 Å². The minimum Gasteiger partial charge on any atom is -0.396 e. The Kier molecular flexibility index (Phi) is 5.85. The molecule has 0 heterocycles. The SMILES string of the molecule is OCC(Cc1ccc(I)cc1)Cc1cccc(Br)c1. The van der Waals surface area contributed by atoms with E-state index in [-0.39, 0.29) is 12.5 Å². The van der Waals surface area contributed by atoms with Crippen LogP contribution in [-0.4, -0.2) is 11.7 Å².